The molecule has 2 rings (SSSR count). The summed E-state index contributed by atoms with van der Waals surface area (Å²) in [4.78, 5) is 11.0. The molecule has 0 heterocycles. The van der Waals surface area contributed by atoms with E-state index in [0.717, 1.165) is 17.4 Å². The van der Waals surface area contributed by atoms with Crippen LogP contribution in [0.5, 0.6) is 5.75 Å². The summed E-state index contributed by atoms with van der Waals surface area (Å²) in [6.07, 6.45) is 0.837. The largest absolute Gasteiger partial charge is 0.488 e. The van der Waals surface area contributed by atoms with Crippen molar-refractivity contribution in [2.75, 3.05) is 0 Å². The Balaban J connectivity index is 2.11. The molecule has 104 valence electrons. The first-order valence-corrected chi connectivity index (χ1v) is 6.88. The van der Waals surface area contributed by atoms with Gasteiger partial charge in [-0.15, -0.1) is 0 Å². The predicted molar refractivity (Wildman–Crippen MR) is 81.4 cm³/mol. The van der Waals surface area contributed by atoms with Gasteiger partial charge in [0.1, 0.15) is 12.4 Å². The van der Waals surface area contributed by atoms with Gasteiger partial charge in [0.25, 0.3) is 0 Å². The summed E-state index contributed by atoms with van der Waals surface area (Å²) < 4.78 is 5.81. The fourth-order valence-electron chi connectivity index (χ4n) is 2.12. The molecule has 0 saturated carbocycles. The van der Waals surface area contributed by atoms with Gasteiger partial charge in [0, 0.05) is 0 Å². The Bertz CT molecular complexity index is 583. The van der Waals surface area contributed by atoms with Gasteiger partial charge in [-0.3, -0.25) is 4.79 Å². The molecule has 0 aliphatic heterocycles. The van der Waals surface area contributed by atoms with E-state index in [1.165, 1.54) is 5.56 Å². The highest BCUT2D eigenvalue weighted by Crippen LogP contribution is 2.23. The Kier molecular flexibility index (Phi) is 4.57. The first kappa shape index (κ1) is 14.3. The number of aldehydes is 1. The van der Waals surface area contributed by atoms with Crippen LogP contribution in [-0.4, -0.2) is 6.29 Å². The molecule has 0 fully saturated rings. The number of rotatable bonds is 5. The lowest BCUT2D eigenvalue weighted by Crippen LogP contribution is -2.00. The number of aryl methyl sites for hydroxylation is 1. The highest BCUT2D eigenvalue weighted by Gasteiger charge is 2.06. The molecule has 0 N–H and O–H groups in total. The standard InChI is InChI=1S/C18H20O2/c1-13(2)16-9-7-15(8-10-16)12-20-18-14(3)5-4-6-17(18)11-19/h4-11,13H,12H2,1-3H3. The van der Waals surface area contributed by atoms with Gasteiger partial charge in [0.2, 0.25) is 0 Å². The van der Waals surface area contributed by atoms with E-state index in [-0.39, 0.29) is 0 Å². The Morgan fingerprint density at radius 3 is 2.40 bits per heavy atom. The van der Waals surface area contributed by atoms with Gasteiger partial charge in [0.05, 0.1) is 5.56 Å². The Morgan fingerprint density at radius 2 is 1.80 bits per heavy atom. The highest BCUT2D eigenvalue weighted by molar-refractivity contribution is 5.80. The van der Waals surface area contributed by atoms with Crippen molar-refractivity contribution in [3.8, 4) is 5.75 Å². The molecule has 0 saturated heterocycles. The van der Waals surface area contributed by atoms with Crippen LogP contribution in [0.25, 0.3) is 0 Å². The SMILES string of the molecule is Cc1cccc(C=O)c1OCc1ccc(C(C)C)cc1. The molecule has 2 aromatic carbocycles. The normalized spacial score (nSPS) is 10.6. The molecule has 0 aliphatic carbocycles. The molecule has 2 heteroatoms. The summed E-state index contributed by atoms with van der Waals surface area (Å²) in [6, 6.07) is 14.0. The molecule has 0 amide bonds. The highest BCUT2D eigenvalue weighted by atomic mass is 16.5. The molecular weight excluding hydrogens is 248 g/mol. The second-order valence-electron chi connectivity index (χ2n) is 5.30. The summed E-state index contributed by atoms with van der Waals surface area (Å²) >= 11 is 0. The number of carbonyl (C=O) groups is 1. The number of carbonyl (C=O) groups excluding carboxylic acids is 1. The van der Waals surface area contributed by atoms with E-state index in [1.807, 2.05) is 19.1 Å². The zero-order chi connectivity index (χ0) is 14.5. The smallest absolute Gasteiger partial charge is 0.153 e. The van der Waals surface area contributed by atoms with E-state index in [2.05, 4.69) is 38.1 Å². The lowest BCUT2D eigenvalue weighted by atomic mass is 10.0. The van der Waals surface area contributed by atoms with Gasteiger partial charge < -0.3 is 4.74 Å². The van der Waals surface area contributed by atoms with Crippen molar-refractivity contribution in [3.05, 3.63) is 64.7 Å². The van der Waals surface area contributed by atoms with E-state index >= 15 is 0 Å². The third-order valence-corrected chi connectivity index (χ3v) is 3.40. The van der Waals surface area contributed by atoms with Crippen molar-refractivity contribution in [2.24, 2.45) is 0 Å². The van der Waals surface area contributed by atoms with Crippen LogP contribution in [0.3, 0.4) is 0 Å². The van der Waals surface area contributed by atoms with Gasteiger partial charge in [0.15, 0.2) is 6.29 Å². The van der Waals surface area contributed by atoms with Crippen molar-refractivity contribution < 1.29 is 9.53 Å². The lowest BCUT2D eigenvalue weighted by Gasteiger charge is -2.12. The maximum absolute atomic E-state index is 11.0. The van der Waals surface area contributed by atoms with Gasteiger partial charge in [-0.05, 0) is 35.6 Å². The van der Waals surface area contributed by atoms with E-state index in [9.17, 15) is 4.79 Å². The monoisotopic (exact) mass is 268 g/mol. The third kappa shape index (κ3) is 3.27. The number of para-hydroxylation sites is 1. The first-order chi connectivity index (χ1) is 9.61. The molecule has 0 unspecified atom stereocenters. The van der Waals surface area contributed by atoms with Gasteiger partial charge in [-0.25, -0.2) is 0 Å². The van der Waals surface area contributed by atoms with Crippen LogP contribution in [-0.2, 0) is 6.61 Å². The van der Waals surface area contributed by atoms with Crippen molar-refractivity contribution in [1.29, 1.82) is 0 Å². The molecule has 0 spiro atoms. The zero-order valence-corrected chi connectivity index (χ0v) is 12.2. The van der Waals surface area contributed by atoms with Gasteiger partial charge >= 0.3 is 0 Å². The summed E-state index contributed by atoms with van der Waals surface area (Å²) in [5.41, 5.74) is 4.00. The molecule has 20 heavy (non-hydrogen) atoms. The second-order valence-corrected chi connectivity index (χ2v) is 5.30. The number of hydrogen-bond donors (Lipinski definition) is 0. The van der Waals surface area contributed by atoms with Crippen LogP contribution in [0.2, 0.25) is 0 Å². The van der Waals surface area contributed by atoms with E-state index in [0.29, 0.717) is 23.8 Å². The molecule has 0 aromatic heterocycles. The minimum Gasteiger partial charge on any atom is -0.488 e. The van der Waals surface area contributed by atoms with Crippen LogP contribution < -0.4 is 4.74 Å². The predicted octanol–water partition coefficient (Wildman–Crippen LogP) is 4.51. The average Bonchev–Trinajstić information content (AvgIpc) is 2.46. The number of benzene rings is 2. The summed E-state index contributed by atoms with van der Waals surface area (Å²) in [5, 5.41) is 0. The summed E-state index contributed by atoms with van der Waals surface area (Å²) in [5.74, 6) is 1.21. The van der Waals surface area contributed by atoms with Crippen molar-refractivity contribution in [1.82, 2.24) is 0 Å². The molecular formula is C18H20O2. The first-order valence-electron chi connectivity index (χ1n) is 6.88. The fourth-order valence-corrected chi connectivity index (χ4v) is 2.12. The maximum atomic E-state index is 11.0. The van der Waals surface area contributed by atoms with Crippen molar-refractivity contribution >= 4 is 6.29 Å². The molecule has 0 radical (unpaired) electrons. The molecule has 0 bridgehead atoms. The second kappa shape index (κ2) is 6.38. The Hall–Kier alpha value is -2.09. The molecule has 0 aliphatic rings. The maximum Gasteiger partial charge on any atom is 0.153 e. The van der Waals surface area contributed by atoms with Gasteiger partial charge in [-0.2, -0.15) is 0 Å². The fraction of sp³-hybridized carbons (Fsp3) is 0.278. The topological polar surface area (TPSA) is 26.3 Å². The van der Waals surface area contributed by atoms with Crippen LogP contribution in [0.4, 0.5) is 0 Å². The minimum absolute atomic E-state index is 0.476. The Morgan fingerprint density at radius 1 is 1.10 bits per heavy atom. The molecule has 0 atom stereocenters. The van der Waals surface area contributed by atoms with Gasteiger partial charge in [-0.1, -0.05) is 50.2 Å². The zero-order valence-electron chi connectivity index (χ0n) is 12.2. The Labute approximate surface area is 120 Å². The minimum atomic E-state index is 0.476. The van der Waals surface area contributed by atoms with Crippen LogP contribution in [0, 0.1) is 6.92 Å². The summed E-state index contributed by atoms with van der Waals surface area (Å²) in [7, 11) is 0. The third-order valence-electron chi connectivity index (χ3n) is 3.40. The van der Waals surface area contributed by atoms with Crippen LogP contribution in [0.1, 0.15) is 46.8 Å². The van der Waals surface area contributed by atoms with E-state index in [4.69, 9.17) is 4.74 Å². The number of ether oxygens (including phenoxy) is 1. The quantitative estimate of drug-likeness (QED) is 0.746. The van der Waals surface area contributed by atoms with Crippen LogP contribution >= 0.6 is 0 Å². The van der Waals surface area contributed by atoms with Crippen molar-refractivity contribution in [3.63, 3.8) is 0 Å². The lowest BCUT2D eigenvalue weighted by molar-refractivity contribution is 0.111. The van der Waals surface area contributed by atoms with E-state index in [1.54, 1.807) is 6.07 Å². The molecule has 2 nitrogen and oxygen atoms in total. The average molecular weight is 268 g/mol. The number of hydrogen-bond acceptors (Lipinski definition) is 2. The van der Waals surface area contributed by atoms with Crippen LogP contribution in [0.15, 0.2) is 42.5 Å². The van der Waals surface area contributed by atoms with E-state index < -0.39 is 0 Å². The van der Waals surface area contributed by atoms with Crippen molar-refractivity contribution in [2.45, 2.75) is 33.3 Å². The summed E-state index contributed by atoms with van der Waals surface area (Å²) in [6.45, 7) is 6.78. The molecule has 2 aromatic rings.